The highest BCUT2D eigenvalue weighted by Crippen LogP contribution is 2.25. The van der Waals surface area contributed by atoms with Crippen LogP contribution in [0, 0.1) is 6.92 Å². The maximum Gasteiger partial charge on any atom is 0.249 e. The van der Waals surface area contributed by atoms with E-state index in [0.717, 1.165) is 4.31 Å². The van der Waals surface area contributed by atoms with Gasteiger partial charge in [-0.2, -0.15) is 9.40 Å². The lowest BCUT2D eigenvalue weighted by molar-refractivity contribution is -0.120. The van der Waals surface area contributed by atoms with Crippen molar-refractivity contribution in [3.05, 3.63) is 5.69 Å². The van der Waals surface area contributed by atoms with Gasteiger partial charge in [0.25, 0.3) is 0 Å². The van der Waals surface area contributed by atoms with Gasteiger partial charge in [-0.25, -0.2) is 8.42 Å². The Morgan fingerprint density at radius 1 is 1.50 bits per heavy atom. The lowest BCUT2D eigenvalue weighted by atomic mass is 10.4. The highest BCUT2D eigenvalue weighted by Gasteiger charge is 2.31. The summed E-state index contributed by atoms with van der Waals surface area (Å²) in [6.07, 6.45) is 0.593. The third-order valence-electron chi connectivity index (χ3n) is 2.97. The predicted octanol–water partition coefficient (Wildman–Crippen LogP) is -0.543. The average molecular weight is 303 g/mol. The van der Waals surface area contributed by atoms with E-state index in [4.69, 9.17) is 5.73 Å². The molecule has 0 atom stereocenters. The van der Waals surface area contributed by atoms with Crippen LogP contribution in [0.4, 0.5) is 5.82 Å². The highest BCUT2D eigenvalue weighted by molar-refractivity contribution is 7.89. The number of hydrogen-bond donors (Lipinski definition) is 2. The Bertz CT molecular complexity index is 593. The van der Waals surface area contributed by atoms with Crippen molar-refractivity contribution in [3.63, 3.8) is 0 Å². The van der Waals surface area contributed by atoms with Gasteiger partial charge in [-0.1, -0.05) is 6.92 Å². The van der Waals surface area contributed by atoms with E-state index in [1.165, 1.54) is 11.7 Å². The van der Waals surface area contributed by atoms with Crippen LogP contribution in [0.3, 0.4) is 0 Å². The second-order valence-corrected chi connectivity index (χ2v) is 6.31. The summed E-state index contributed by atoms with van der Waals surface area (Å²) in [7, 11) is -0.765. The zero-order chi connectivity index (χ0) is 15.5. The molecule has 1 aromatic rings. The number of nitrogens with one attached hydrogen (secondary N) is 1. The molecular formula is C11H21N5O3S. The number of amides is 1. The molecule has 0 aromatic carbocycles. The molecule has 20 heavy (non-hydrogen) atoms. The van der Waals surface area contributed by atoms with Crippen LogP contribution in [-0.4, -0.2) is 48.5 Å². The molecule has 0 aliphatic heterocycles. The minimum atomic E-state index is -3.84. The fourth-order valence-electron chi connectivity index (χ4n) is 1.84. The van der Waals surface area contributed by atoms with Gasteiger partial charge in [-0.05, 0) is 13.3 Å². The minimum Gasteiger partial charge on any atom is -0.381 e. The molecule has 1 amide bonds. The van der Waals surface area contributed by atoms with E-state index in [9.17, 15) is 13.2 Å². The van der Waals surface area contributed by atoms with Gasteiger partial charge >= 0.3 is 0 Å². The minimum absolute atomic E-state index is 0.0302. The number of carbonyl (C=O) groups excluding carboxylic acids is 1. The van der Waals surface area contributed by atoms with Gasteiger partial charge in [0.05, 0.1) is 12.2 Å². The fraction of sp³-hybridized carbons (Fsp3) is 0.636. The maximum atomic E-state index is 12.6. The lowest BCUT2D eigenvalue weighted by Crippen LogP contribution is -2.40. The van der Waals surface area contributed by atoms with Gasteiger partial charge < -0.3 is 11.1 Å². The van der Waals surface area contributed by atoms with E-state index in [0.29, 0.717) is 12.1 Å². The van der Waals surface area contributed by atoms with Crippen LogP contribution in [0.15, 0.2) is 4.90 Å². The molecule has 0 aliphatic carbocycles. The van der Waals surface area contributed by atoms with Crippen LogP contribution >= 0.6 is 0 Å². The summed E-state index contributed by atoms with van der Waals surface area (Å²) in [6.45, 7) is 3.47. The molecule has 1 rings (SSSR count). The molecule has 8 nitrogen and oxygen atoms in total. The summed E-state index contributed by atoms with van der Waals surface area (Å²) in [5, 5.41) is 6.32. The van der Waals surface area contributed by atoms with Crippen LogP contribution in [0.2, 0.25) is 0 Å². The summed E-state index contributed by atoms with van der Waals surface area (Å²) in [5.74, 6) is -0.426. The van der Waals surface area contributed by atoms with Crippen molar-refractivity contribution in [1.29, 1.82) is 0 Å². The molecular weight excluding hydrogens is 282 g/mol. The van der Waals surface area contributed by atoms with Crippen molar-refractivity contribution in [2.75, 3.05) is 25.9 Å². The first-order valence-corrected chi connectivity index (χ1v) is 7.69. The summed E-state index contributed by atoms with van der Waals surface area (Å²) in [5.41, 5.74) is 6.13. The molecule has 0 bridgehead atoms. The van der Waals surface area contributed by atoms with Crippen molar-refractivity contribution in [1.82, 2.24) is 19.4 Å². The Morgan fingerprint density at radius 3 is 2.50 bits per heavy atom. The first-order valence-electron chi connectivity index (χ1n) is 6.25. The molecule has 0 radical (unpaired) electrons. The third kappa shape index (κ3) is 3.10. The van der Waals surface area contributed by atoms with Crippen molar-refractivity contribution >= 4 is 21.7 Å². The van der Waals surface area contributed by atoms with Crippen molar-refractivity contribution in [2.24, 2.45) is 7.05 Å². The number of sulfonamides is 1. The summed E-state index contributed by atoms with van der Waals surface area (Å²) in [4.78, 5) is 11.5. The Labute approximate surface area is 119 Å². The molecule has 1 aromatic heterocycles. The number of carbonyl (C=O) groups is 1. The SMILES string of the molecule is CCCN(CC(=O)NC)S(=O)(=O)c1c(N)nn(C)c1C. The van der Waals surface area contributed by atoms with E-state index in [2.05, 4.69) is 10.4 Å². The Morgan fingerprint density at radius 2 is 2.10 bits per heavy atom. The molecule has 0 saturated carbocycles. The van der Waals surface area contributed by atoms with Crippen LogP contribution in [0.1, 0.15) is 19.0 Å². The number of nitrogen functional groups attached to an aromatic ring is 1. The van der Waals surface area contributed by atoms with Gasteiger partial charge in [-0.15, -0.1) is 0 Å². The quantitative estimate of drug-likeness (QED) is 0.733. The summed E-state index contributed by atoms with van der Waals surface area (Å²) < 4.78 is 27.8. The molecule has 0 spiro atoms. The van der Waals surface area contributed by atoms with Gasteiger partial charge in [0.2, 0.25) is 15.9 Å². The monoisotopic (exact) mass is 303 g/mol. The third-order valence-corrected chi connectivity index (χ3v) is 4.99. The first-order chi connectivity index (χ1) is 9.25. The molecule has 0 unspecified atom stereocenters. The topological polar surface area (TPSA) is 110 Å². The number of likely N-dealkylation sites (N-methyl/N-ethyl adjacent to an activating group) is 1. The van der Waals surface area contributed by atoms with E-state index in [1.54, 1.807) is 14.0 Å². The van der Waals surface area contributed by atoms with Crippen molar-refractivity contribution in [2.45, 2.75) is 25.2 Å². The zero-order valence-corrected chi connectivity index (χ0v) is 13.0. The molecule has 0 saturated heterocycles. The Balaban J connectivity index is 3.26. The van der Waals surface area contributed by atoms with Crippen molar-refractivity contribution in [3.8, 4) is 0 Å². The largest absolute Gasteiger partial charge is 0.381 e. The number of aromatic nitrogens is 2. The second kappa shape index (κ2) is 6.23. The molecule has 3 N–H and O–H groups in total. The van der Waals surface area contributed by atoms with E-state index < -0.39 is 10.0 Å². The number of nitrogens with two attached hydrogens (primary N) is 1. The van der Waals surface area contributed by atoms with Gasteiger partial charge in [0, 0.05) is 20.6 Å². The predicted molar refractivity (Wildman–Crippen MR) is 75.5 cm³/mol. The average Bonchev–Trinajstić information content (AvgIpc) is 2.62. The lowest BCUT2D eigenvalue weighted by Gasteiger charge is -2.20. The normalized spacial score (nSPS) is 11.8. The fourth-order valence-corrected chi connectivity index (χ4v) is 3.61. The Hall–Kier alpha value is -1.61. The van der Waals surface area contributed by atoms with E-state index in [-0.39, 0.29) is 29.7 Å². The van der Waals surface area contributed by atoms with E-state index in [1.807, 2.05) is 6.92 Å². The van der Waals surface area contributed by atoms with Crippen LogP contribution in [0.25, 0.3) is 0 Å². The molecule has 0 aliphatic rings. The standard InChI is InChI=1S/C11H21N5O3S/c1-5-6-16(7-9(17)13-3)20(18,19)10-8(2)15(4)14-11(10)12/h5-7H2,1-4H3,(H2,12,14)(H,13,17). The zero-order valence-electron chi connectivity index (χ0n) is 12.2. The molecule has 1 heterocycles. The van der Waals surface area contributed by atoms with Crippen molar-refractivity contribution < 1.29 is 13.2 Å². The van der Waals surface area contributed by atoms with Crippen LogP contribution < -0.4 is 11.1 Å². The molecule has 0 fully saturated rings. The number of anilines is 1. The van der Waals surface area contributed by atoms with E-state index >= 15 is 0 Å². The summed E-state index contributed by atoms with van der Waals surface area (Å²) >= 11 is 0. The smallest absolute Gasteiger partial charge is 0.249 e. The van der Waals surface area contributed by atoms with Gasteiger partial charge in [0.1, 0.15) is 4.90 Å². The first kappa shape index (κ1) is 16.4. The highest BCUT2D eigenvalue weighted by atomic mass is 32.2. The van der Waals surface area contributed by atoms with Gasteiger partial charge in [-0.3, -0.25) is 9.48 Å². The Kier molecular flexibility index (Phi) is 5.12. The number of nitrogens with zero attached hydrogens (tertiary/aromatic N) is 3. The molecule has 9 heteroatoms. The number of aryl methyl sites for hydroxylation is 1. The maximum absolute atomic E-state index is 12.6. The second-order valence-electron chi connectivity index (χ2n) is 4.44. The number of hydrogen-bond acceptors (Lipinski definition) is 5. The van der Waals surface area contributed by atoms with Gasteiger partial charge in [0.15, 0.2) is 5.82 Å². The summed E-state index contributed by atoms with van der Waals surface area (Å²) in [6, 6.07) is 0. The number of rotatable bonds is 6. The molecule has 114 valence electrons. The van der Waals surface area contributed by atoms with Crippen LogP contribution in [0.5, 0.6) is 0 Å². The van der Waals surface area contributed by atoms with Crippen LogP contribution in [-0.2, 0) is 21.9 Å².